The van der Waals surface area contributed by atoms with Gasteiger partial charge in [0, 0.05) is 50.2 Å². The quantitative estimate of drug-likeness (QED) is 0.721. The van der Waals surface area contributed by atoms with Gasteiger partial charge < -0.3 is 15.0 Å². The molecule has 0 amide bonds. The van der Waals surface area contributed by atoms with Gasteiger partial charge in [0.2, 0.25) is 5.95 Å². The summed E-state index contributed by atoms with van der Waals surface area (Å²) in [4.78, 5) is 23.5. The summed E-state index contributed by atoms with van der Waals surface area (Å²) in [5.74, 6) is 1.56. The van der Waals surface area contributed by atoms with Crippen molar-refractivity contribution in [3.05, 3.63) is 65.2 Å². The van der Waals surface area contributed by atoms with Crippen molar-refractivity contribution in [2.45, 2.75) is 18.9 Å². The highest BCUT2D eigenvalue weighted by Gasteiger charge is 2.23. The fraction of sp³-hybridized carbons (Fsp3) is 0.318. The normalized spacial score (nSPS) is 14.6. The van der Waals surface area contributed by atoms with Crippen LogP contribution >= 0.6 is 0 Å². The van der Waals surface area contributed by atoms with E-state index in [1.807, 2.05) is 36.4 Å². The Hall–Kier alpha value is -3.35. The van der Waals surface area contributed by atoms with Crippen molar-refractivity contribution in [1.82, 2.24) is 14.5 Å². The van der Waals surface area contributed by atoms with Gasteiger partial charge in [0.05, 0.1) is 18.5 Å². The van der Waals surface area contributed by atoms with Gasteiger partial charge in [-0.25, -0.2) is 4.98 Å². The predicted molar refractivity (Wildman–Crippen MR) is 115 cm³/mol. The van der Waals surface area contributed by atoms with E-state index < -0.39 is 0 Å². The van der Waals surface area contributed by atoms with E-state index in [1.165, 1.54) is 0 Å². The molecule has 0 aliphatic carbocycles. The van der Waals surface area contributed by atoms with Crippen molar-refractivity contribution < 1.29 is 4.74 Å². The van der Waals surface area contributed by atoms with E-state index >= 15 is 0 Å². The summed E-state index contributed by atoms with van der Waals surface area (Å²) in [6, 6.07) is 13.6. The second-order valence-corrected chi connectivity index (χ2v) is 7.18. The maximum absolute atomic E-state index is 12.5. The third-order valence-corrected chi connectivity index (χ3v) is 5.33. The number of rotatable bonds is 5. The van der Waals surface area contributed by atoms with Crippen LogP contribution in [0.25, 0.3) is 11.3 Å². The van der Waals surface area contributed by atoms with Gasteiger partial charge in [0.15, 0.2) is 0 Å². The number of para-hydroxylation sites is 2. The number of benzene rings is 1. The third-order valence-electron chi connectivity index (χ3n) is 5.33. The Morgan fingerprint density at radius 2 is 1.83 bits per heavy atom. The maximum atomic E-state index is 12.5. The van der Waals surface area contributed by atoms with E-state index in [1.54, 1.807) is 37.2 Å². The van der Waals surface area contributed by atoms with E-state index in [9.17, 15) is 4.79 Å². The van der Waals surface area contributed by atoms with Gasteiger partial charge in [-0.2, -0.15) is 0 Å². The first-order valence-electron chi connectivity index (χ1n) is 9.78. The molecule has 29 heavy (non-hydrogen) atoms. The molecule has 0 bridgehead atoms. The molecule has 7 heteroatoms. The van der Waals surface area contributed by atoms with E-state index in [2.05, 4.69) is 15.2 Å². The Bertz CT molecular complexity index is 1030. The lowest BCUT2D eigenvalue weighted by Crippen LogP contribution is -2.42. The minimum absolute atomic E-state index is 0.0592. The van der Waals surface area contributed by atoms with Crippen molar-refractivity contribution in [1.29, 1.82) is 0 Å². The molecule has 1 fully saturated rings. The van der Waals surface area contributed by atoms with Gasteiger partial charge in [0.1, 0.15) is 5.75 Å². The van der Waals surface area contributed by atoms with Crippen LogP contribution in [0.4, 0.5) is 11.6 Å². The highest BCUT2D eigenvalue weighted by molar-refractivity contribution is 5.60. The fourth-order valence-corrected chi connectivity index (χ4v) is 3.69. The van der Waals surface area contributed by atoms with Crippen LogP contribution in [0.2, 0.25) is 0 Å². The van der Waals surface area contributed by atoms with Crippen LogP contribution in [0.3, 0.4) is 0 Å². The molecule has 3 aromatic rings. The molecule has 1 aliphatic rings. The lowest BCUT2D eigenvalue weighted by Gasteiger charge is -2.34. The van der Waals surface area contributed by atoms with Crippen molar-refractivity contribution in [2.75, 3.05) is 30.4 Å². The zero-order valence-electron chi connectivity index (χ0n) is 16.7. The number of aromatic nitrogens is 3. The number of pyridine rings is 1. The van der Waals surface area contributed by atoms with E-state index in [4.69, 9.17) is 9.72 Å². The lowest BCUT2D eigenvalue weighted by molar-refractivity contribution is 0.415. The molecule has 2 aromatic heterocycles. The highest BCUT2D eigenvalue weighted by Crippen LogP contribution is 2.27. The average molecular weight is 391 g/mol. The number of anilines is 2. The van der Waals surface area contributed by atoms with Gasteiger partial charge in [-0.15, -0.1) is 0 Å². The molecular formula is C22H25N5O2. The van der Waals surface area contributed by atoms with Gasteiger partial charge in [0.25, 0.3) is 5.56 Å². The SMILES string of the molecule is COc1ccccc1NC1CCN(c2nc(-c3ccncc3)cc(=O)n2C)CC1. The second kappa shape index (κ2) is 8.34. The zero-order chi connectivity index (χ0) is 20.2. The monoisotopic (exact) mass is 391 g/mol. The number of nitrogens with zero attached hydrogens (tertiary/aromatic N) is 4. The smallest absolute Gasteiger partial charge is 0.255 e. The van der Waals surface area contributed by atoms with Crippen molar-refractivity contribution in [3.63, 3.8) is 0 Å². The van der Waals surface area contributed by atoms with E-state index in [0.717, 1.165) is 42.9 Å². The molecule has 0 atom stereocenters. The number of hydrogen-bond acceptors (Lipinski definition) is 6. The first-order valence-corrected chi connectivity index (χ1v) is 9.78. The number of hydrogen-bond donors (Lipinski definition) is 1. The lowest BCUT2D eigenvalue weighted by atomic mass is 10.0. The molecule has 0 unspecified atom stereocenters. The van der Waals surface area contributed by atoms with Crippen molar-refractivity contribution in [3.8, 4) is 17.0 Å². The fourth-order valence-electron chi connectivity index (χ4n) is 3.69. The van der Waals surface area contributed by atoms with Gasteiger partial charge in [-0.05, 0) is 37.1 Å². The number of piperidine rings is 1. The predicted octanol–water partition coefficient (Wildman–Crippen LogP) is 2.93. The number of methoxy groups -OCH3 is 1. The first-order chi connectivity index (χ1) is 14.2. The summed E-state index contributed by atoms with van der Waals surface area (Å²) < 4.78 is 7.06. The Labute approximate surface area is 170 Å². The number of nitrogens with one attached hydrogen (secondary N) is 1. The minimum atomic E-state index is -0.0592. The molecule has 4 rings (SSSR count). The zero-order valence-corrected chi connectivity index (χ0v) is 16.7. The molecule has 1 saturated heterocycles. The van der Waals surface area contributed by atoms with Gasteiger partial charge in [-0.3, -0.25) is 14.3 Å². The molecule has 0 radical (unpaired) electrons. The maximum Gasteiger partial charge on any atom is 0.255 e. The van der Waals surface area contributed by atoms with Crippen LogP contribution < -0.4 is 20.5 Å². The van der Waals surface area contributed by atoms with Crippen LogP contribution in [0.15, 0.2) is 59.7 Å². The molecular weight excluding hydrogens is 366 g/mol. The molecule has 3 heterocycles. The van der Waals surface area contributed by atoms with Gasteiger partial charge in [-0.1, -0.05) is 12.1 Å². The Morgan fingerprint density at radius 3 is 2.55 bits per heavy atom. The van der Waals surface area contributed by atoms with Crippen LogP contribution in [0, 0.1) is 0 Å². The van der Waals surface area contributed by atoms with E-state index in [-0.39, 0.29) is 5.56 Å². The second-order valence-electron chi connectivity index (χ2n) is 7.18. The molecule has 0 spiro atoms. The summed E-state index contributed by atoms with van der Waals surface area (Å²) in [6.07, 6.45) is 5.33. The summed E-state index contributed by atoms with van der Waals surface area (Å²) in [6.45, 7) is 1.65. The Balaban J connectivity index is 1.50. The minimum Gasteiger partial charge on any atom is -0.495 e. The Kier molecular flexibility index (Phi) is 5.46. The van der Waals surface area contributed by atoms with Crippen molar-refractivity contribution >= 4 is 11.6 Å². The highest BCUT2D eigenvalue weighted by atomic mass is 16.5. The summed E-state index contributed by atoms with van der Waals surface area (Å²) in [7, 11) is 3.46. The molecule has 1 N–H and O–H groups in total. The number of ether oxygens (including phenoxy) is 1. The van der Waals surface area contributed by atoms with Crippen LogP contribution in [-0.2, 0) is 7.05 Å². The largest absolute Gasteiger partial charge is 0.495 e. The summed E-state index contributed by atoms with van der Waals surface area (Å²) in [5, 5.41) is 3.59. The molecule has 1 aromatic carbocycles. The summed E-state index contributed by atoms with van der Waals surface area (Å²) in [5.41, 5.74) is 2.53. The first kappa shape index (κ1) is 19.0. The van der Waals surface area contributed by atoms with E-state index in [0.29, 0.717) is 17.7 Å². The average Bonchev–Trinajstić information content (AvgIpc) is 2.77. The molecule has 150 valence electrons. The molecule has 7 nitrogen and oxygen atoms in total. The Morgan fingerprint density at radius 1 is 1.10 bits per heavy atom. The molecule has 1 aliphatic heterocycles. The van der Waals surface area contributed by atoms with Crippen LogP contribution in [0.1, 0.15) is 12.8 Å². The standard InChI is InChI=1S/C22H25N5O2/c1-26-21(28)15-19(16-7-11-23-12-8-16)25-22(26)27-13-9-17(10-14-27)24-18-5-3-4-6-20(18)29-2/h3-8,11-12,15,17,24H,9-10,13-14H2,1-2H3. The van der Waals surface area contributed by atoms with Crippen LogP contribution in [-0.4, -0.2) is 40.8 Å². The van der Waals surface area contributed by atoms with Gasteiger partial charge >= 0.3 is 0 Å². The molecule has 0 saturated carbocycles. The topological polar surface area (TPSA) is 72.3 Å². The summed E-state index contributed by atoms with van der Waals surface area (Å²) >= 11 is 0. The van der Waals surface area contributed by atoms with Crippen molar-refractivity contribution in [2.24, 2.45) is 7.05 Å². The third kappa shape index (κ3) is 4.08. The van der Waals surface area contributed by atoms with Crippen LogP contribution in [0.5, 0.6) is 5.75 Å².